The maximum atomic E-state index is 12.3. The Morgan fingerprint density at radius 3 is 2.41 bits per heavy atom. The van der Waals surface area contributed by atoms with Crippen molar-refractivity contribution in [3.63, 3.8) is 0 Å². The van der Waals surface area contributed by atoms with Gasteiger partial charge in [0.2, 0.25) is 11.8 Å². The molecule has 3 N–H and O–H groups in total. The molecule has 2 amide bonds. The molecule has 1 saturated heterocycles. The lowest BCUT2D eigenvalue weighted by atomic mass is 10.2. The fraction of sp³-hybridized carbons (Fsp3) is 0.333. The Bertz CT molecular complexity index is 838. The zero-order valence-corrected chi connectivity index (χ0v) is 17.0. The fourth-order valence-electron chi connectivity index (χ4n) is 2.94. The minimum absolute atomic E-state index is 0.0538. The Kier molecular flexibility index (Phi) is 7.46. The van der Waals surface area contributed by atoms with Crippen molar-refractivity contribution in [2.24, 2.45) is 0 Å². The van der Waals surface area contributed by atoms with E-state index in [1.165, 1.54) is 0 Å². The molecule has 29 heavy (non-hydrogen) atoms. The molecular weight excluding hydrogens is 392 g/mol. The number of halogens is 1. The van der Waals surface area contributed by atoms with Crippen molar-refractivity contribution in [2.75, 3.05) is 48.8 Å². The summed E-state index contributed by atoms with van der Waals surface area (Å²) in [5.41, 5.74) is 2.14. The first-order chi connectivity index (χ1) is 14.0. The molecule has 0 radical (unpaired) electrons. The average Bonchev–Trinajstić information content (AvgIpc) is 2.70. The third-order valence-corrected chi connectivity index (χ3v) is 4.74. The van der Waals surface area contributed by atoms with Crippen molar-refractivity contribution in [3.05, 3.63) is 53.6 Å². The van der Waals surface area contributed by atoms with Crippen LogP contribution < -0.4 is 16.0 Å². The standard InChI is InChI=1S/C21H25ClN4O3/c1-15(21(28)25-19-4-2-3-16(22)13-19)23-17-5-7-18(8-6-17)24-20(27)14-26-9-11-29-12-10-26/h2-8,13,15,23H,9-12,14H2,1H3,(H,24,27)(H,25,28). The lowest BCUT2D eigenvalue weighted by Crippen LogP contribution is -2.41. The van der Waals surface area contributed by atoms with Crippen LogP contribution in [0.25, 0.3) is 0 Å². The van der Waals surface area contributed by atoms with E-state index in [9.17, 15) is 9.59 Å². The van der Waals surface area contributed by atoms with Gasteiger partial charge in [-0.2, -0.15) is 0 Å². The molecule has 0 aliphatic carbocycles. The van der Waals surface area contributed by atoms with Gasteiger partial charge in [-0.05, 0) is 49.4 Å². The quantitative estimate of drug-likeness (QED) is 0.646. The second-order valence-corrected chi connectivity index (χ2v) is 7.32. The molecule has 7 nitrogen and oxygen atoms in total. The van der Waals surface area contributed by atoms with Crippen LogP contribution in [-0.4, -0.2) is 55.6 Å². The summed E-state index contributed by atoms with van der Waals surface area (Å²) in [5, 5.41) is 9.42. The van der Waals surface area contributed by atoms with Gasteiger partial charge >= 0.3 is 0 Å². The predicted molar refractivity (Wildman–Crippen MR) is 115 cm³/mol. The number of hydrogen-bond acceptors (Lipinski definition) is 5. The molecule has 8 heteroatoms. The van der Waals surface area contributed by atoms with E-state index in [-0.39, 0.29) is 11.8 Å². The monoisotopic (exact) mass is 416 g/mol. The number of morpholine rings is 1. The smallest absolute Gasteiger partial charge is 0.246 e. The highest BCUT2D eigenvalue weighted by Gasteiger charge is 2.15. The summed E-state index contributed by atoms with van der Waals surface area (Å²) in [6.45, 7) is 4.99. The first-order valence-corrected chi connectivity index (χ1v) is 9.90. The summed E-state index contributed by atoms with van der Waals surface area (Å²) in [6.07, 6.45) is 0. The number of nitrogens with zero attached hydrogens (tertiary/aromatic N) is 1. The van der Waals surface area contributed by atoms with E-state index in [0.29, 0.717) is 36.2 Å². The summed E-state index contributed by atoms with van der Waals surface area (Å²) in [5.74, 6) is -0.225. The molecule has 154 valence electrons. The zero-order valence-electron chi connectivity index (χ0n) is 16.3. The average molecular weight is 417 g/mol. The van der Waals surface area contributed by atoms with Crippen molar-refractivity contribution in [2.45, 2.75) is 13.0 Å². The minimum atomic E-state index is -0.448. The minimum Gasteiger partial charge on any atom is -0.379 e. The van der Waals surface area contributed by atoms with Gasteiger partial charge in [-0.25, -0.2) is 0 Å². The van der Waals surface area contributed by atoms with Crippen molar-refractivity contribution < 1.29 is 14.3 Å². The van der Waals surface area contributed by atoms with E-state index in [0.717, 1.165) is 18.8 Å². The van der Waals surface area contributed by atoms with Crippen molar-refractivity contribution >= 4 is 40.5 Å². The van der Waals surface area contributed by atoms with Gasteiger partial charge in [0.15, 0.2) is 0 Å². The molecule has 2 aromatic carbocycles. The van der Waals surface area contributed by atoms with Gasteiger partial charge in [-0.15, -0.1) is 0 Å². The molecule has 2 aromatic rings. The number of amides is 2. The SMILES string of the molecule is CC(Nc1ccc(NC(=O)CN2CCOCC2)cc1)C(=O)Nc1cccc(Cl)c1. The first kappa shape index (κ1) is 21.1. The van der Waals surface area contributed by atoms with Crippen LogP contribution in [0, 0.1) is 0 Å². The normalized spacial score (nSPS) is 15.4. The third kappa shape index (κ3) is 6.74. The summed E-state index contributed by atoms with van der Waals surface area (Å²) in [7, 11) is 0. The molecule has 1 aliphatic heterocycles. The maximum Gasteiger partial charge on any atom is 0.246 e. The summed E-state index contributed by atoms with van der Waals surface area (Å²) >= 11 is 5.94. The Morgan fingerprint density at radius 1 is 1.03 bits per heavy atom. The Hall–Kier alpha value is -2.61. The Morgan fingerprint density at radius 2 is 1.72 bits per heavy atom. The van der Waals surface area contributed by atoms with E-state index in [1.807, 2.05) is 12.1 Å². The van der Waals surface area contributed by atoms with Gasteiger partial charge in [0, 0.05) is 35.2 Å². The largest absolute Gasteiger partial charge is 0.379 e. The number of carbonyl (C=O) groups excluding carboxylic acids is 2. The first-order valence-electron chi connectivity index (χ1n) is 9.52. The second-order valence-electron chi connectivity index (χ2n) is 6.88. The predicted octanol–water partition coefficient (Wildman–Crippen LogP) is 3.05. The van der Waals surface area contributed by atoms with E-state index < -0.39 is 6.04 Å². The topological polar surface area (TPSA) is 82.7 Å². The molecule has 3 rings (SSSR count). The summed E-state index contributed by atoms with van der Waals surface area (Å²) in [6, 6.07) is 13.8. The molecule has 0 bridgehead atoms. The van der Waals surface area contributed by atoms with E-state index in [4.69, 9.17) is 16.3 Å². The van der Waals surface area contributed by atoms with Gasteiger partial charge in [0.25, 0.3) is 0 Å². The zero-order chi connectivity index (χ0) is 20.6. The number of nitrogens with one attached hydrogen (secondary N) is 3. The number of benzene rings is 2. The molecule has 0 saturated carbocycles. The second kappa shape index (κ2) is 10.2. The number of ether oxygens (including phenoxy) is 1. The Labute approximate surface area is 175 Å². The summed E-state index contributed by atoms with van der Waals surface area (Å²) < 4.78 is 5.28. The van der Waals surface area contributed by atoms with Crippen LogP contribution in [0.5, 0.6) is 0 Å². The van der Waals surface area contributed by atoms with Crippen molar-refractivity contribution in [1.82, 2.24) is 4.90 Å². The molecule has 0 aromatic heterocycles. The molecule has 1 atom stereocenters. The molecule has 1 heterocycles. The lowest BCUT2D eigenvalue weighted by Gasteiger charge is -2.25. The van der Waals surface area contributed by atoms with E-state index in [2.05, 4.69) is 20.9 Å². The molecule has 1 aliphatic rings. The number of carbonyl (C=O) groups is 2. The fourth-order valence-corrected chi connectivity index (χ4v) is 3.14. The van der Waals surface area contributed by atoms with E-state index >= 15 is 0 Å². The maximum absolute atomic E-state index is 12.3. The van der Waals surface area contributed by atoms with Crippen LogP contribution in [0.4, 0.5) is 17.1 Å². The third-order valence-electron chi connectivity index (χ3n) is 4.51. The van der Waals surface area contributed by atoms with Crippen LogP contribution in [0.3, 0.4) is 0 Å². The highest BCUT2D eigenvalue weighted by Crippen LogP contribution is 2.17. The van der Waals surface area contributed by atoms with Gasteiger partial charge < -0.3 is 20.7 Å². The highest BCUT2D eigenvalue weighted by atomic mass is 35.5. The van der Waals surface area contributed by atoms with Gasteiger partial charge in [-0.3, -0.25) is 14.5 Å². The molecule has 1 fully saturated rings. The molecule has 0 spiro atoms. The highest BCUT2D eigenvalue weighted by molar-refractivity contribution is 6.30. The van der Waals surface area contributed by atoms with Gasteiger partial charge in [0.05, 0.1) is 19.8 Å². The number of anilines is 3. The lowest BCUT2D eigenvalue weighted by molar-refractivity contribution is -0.118. The van der Waals surface area contributed by atoms with Crippen LogP contribution in [0.1, 0.15) is 6.92 Å². The van der Waals surface area contributed by atoms with Crippen LogP contribution in [-0.2, 0) is 14.3 Å². The molecule has 1 unspecified atom stereocenters. The number of rotatable bonds is 7. The van der Waals surface area contributed by atoms with Gasteiger partial charge in [-0.1, -0.05) is 17.7 Å². The van der Waals surface area contributed by atoms with Crippen LogP contribution in [0.2, 0.25) is 5.02 Å². The Balaban J connectivity index is 1.47. The van der Waals surface area contributed by atoms with Crippen LogP contribution >= 0.6 is 11.6 Å². The van der Waals surface area contributed by atoms with Crippen molar-refractivity contribution in [1.29, 1.82) is 0 Å². The van der Waals surface area contributed by atoms with Crippen molar-refractivity contribution in [3.8, 4) is 0 Å². The van der Waals surface area contributed by atoms with E-state index in [1.54, 1.807) is 43.3 Å². The summed E-state index contributed by atoms with van der Waals surface area (Å²) in [4.78, 5) is 26.6. The van der Waals surface area contributed by atoms with Crippen LogP contribution in [0.15, 0.2) is 48.5 Å². The number of hydrogen-bond donors (Lipinski definition) is 3. The van der Waals surface area contributed by atoms with Gasteiger partial charge in [0.1, 0.15) is 6.04 Å². The molecular formula is C21H25ClN4O3.